The molecule has 1 aromatic rings. The molecule has 19 heavy (non-hydrogen) atoms. The fourth-order valence-electron chi connectivity index (χ4n) is 2.40. The average molecular weight is 264 g/mol. The van der Waals surface area contributed by atoms with Crippen LogP contribution in [0.4, 0.5) is 0 Å². The molecule has 1 aliphatic rings. The second-order valence-electron chi connectivity index (χ2n) is 4.76. The number of rotatable bonds is 5. The number of morpholine rings is 1. The average Bonchev–Trinajstić information content (AvgIpc) is 2.46. The Balaban J connectivity index is 2.15. The Kier molecular flexibility index (Phi) is 4.90. The number of carboxylic acids is 1. The number of ether oxygens (including phenoxy) is 1. The molecule has 0 unspecified atom stereocenters. The van der Waals surface area contributed by atoms with Gasteiger partial charge in [0.1, 0.15) is 6.04 Å². The monoisotopic (exact) mass is 264 g/mol. The summed E-state index contributed by atoms with van der Waals surface area (Å²) in [6.07, 6.45) is 0.416. The quantitative estimate of drug-likeness (QED) is 0.825. The number of carboxylic acid groups (broad SMARTS) is 1. The van der Waals surface area contributed by atoms with Crippen LogP contribution in [0, 0.1) is 0 Å². The molecule has 1 aromatic carbocycles. The molecule has 3 N–H and O–H groups in total. The van der Waals surface area contributed by atoms with Gasteiger partial charge in [-0.25, -0.2) is 0 Å². The first-order valence-corrected chi connectivity index (χ1v) is 6.53. The molecule has 2 atom stereocenters. The maximum atomic E-state index is 11.0. The van der Waals surface area contributed by atoms with Crippen LogP contribution in [0.1, 0.15) is 18.0 Å². The summed E-state index contributed by atoms with van der Waals surface area (Å²) < 4.78 is 5.35. The van der Waals surface area contributed by atoms with E-state index in [1.807, 2.05) is 30.3 Å². The number of nitrogens with zero attached hydrogens (tertiary/aromatic N) is 1. The van der Waals surface area contributed by atoms with Crippen LogP contribution in [0.2, 0.25) is 0 Å². The van der Waals surface area contributed by atoms with Crippen molar-refractivity contribution < 1.29 is 14.6 Å². The Morgan fingerprint density at radius 2 is 1.95 bits per heavy atom. The zero-order valence-corrected chi connectivity index (χ0v) is 10.9. The first-order chi connectivity index (χ1) is 9.18. The minimum absolute atomic E-state index is 0.0381. The Morgan fingerprint density at radius 1 is 1.32 bits per heavy atom. The fourth-order valence-corrected chi connectivity index (χ4v) is 2.40. The number of hydrogen-bond acceptors (Lipinski definition) is 4. The van der Waals surface area contributed by atoms with E-state index in [1.54, 1.807) is 0 Å². The second kappa shape index (κ2) is 6.65. The highest BCUT2D eigenvalue weighted by Crippen LogP contribution is 2.26. The SMILES string of the molecule is N[C@@H](C[C@H](c1ccccc1)N1CCOCC1)C(=O)O. The van der Waals surface area contributed by atoms with E-state index in [0.29, 0.717) is 19.6 Å². The van der Waals surface area contributed by atoms with E-state index in [2.05, 4.69) is 4.90 Å². The van der Waals surface area contributed by atoms with Crippen molar-refractivity contribution in [3.8, 4) is 0 Å². The van der Waals surface area contributed by atoms with Gasteiger partial charge in [-0.3, -0.25) is 9.69 Å². The van der Waals surface area contributed by atoms with Gasteiger partial charge in [-0.2, -0.15) is 0 Å². The molecule has 0 spiro atoms. The maximum Gasteiger partial charge on any atom is 0.320 e. The van der Waals surface area contributed by atoms with Crippen molar-refractivity contribution >= 4 is 5.97 Å². The van der Waals surface area contributed by atoms with Crippen LogP contribution in [0.15, 0.2) is 30.3 Å². The van der Waals surface area contributed by atoms with E-state index < -0.39 is 12.0 Å². The van der Waals surface area contributed by atoms with Crippen LogP contribution in [0.25, 0.3) is 0 Å². The normalized spacial score (nSPS) is 19.8. The van der Waals surface area contributed by atoms with Crippen LogP contribution in [-0.4, -0.2) is 48.3 Å². The molecule has 0 saturated carbocycles. The smallest absolute Gasteiger partial charge is 0.320 e. The summed E-state index contributed by atoms with van der Waals surface area (Å²) in [5.41, 5.74) is 6.82. The van der Waals surface area contributed by atoms with Crippen LogP contribution in [0.3, 0.4) is 0 Å². The molecular formula is C14H20N2O3. The molecule has 0 radical (unpaired) electrons. The summed E-state index contributed by atoms with van der Waals surface area (Å²) >= 11 is 0. The Hall–Kier alpha value is -1.43. The third-order valence-corrected chi connectivity index (χ3v) is 3.47. The zero-order valence-electron chi connectivity index (χ0n) is 10.9. The molecular weight excluding hydrogens is 244 g/mol. The van der Waals surface area contributed by atoms with Gasteiger partial charge in [-0.05, 0) is 12.0 Å². The standard InChI is InChI=1S/C14H20N2O3/c15-12(14(17)18)10-13(11-4-2-1-3-5-11)16-6-8-19-9-7-16/h1-5,12-13H,6-10,15H2,(H,17,18)/t12-,13+/m0/s1. The highest BCUT2D eigenvalue weighted by molar-refractivity contribution is 5.73. The first kappa shape index (κ1) is 14.0. The molecule has 5 heteroatoms. The van der Waals surface area contributed by atoms with E-state index in [4.69, 9.17) is 15.6 Å². The van der Waals surface area contributed by atoms with Crippen LogP contribution in [-0.2, 0) is 9.53 Å². The van der Waals surface area contributed by atoms with E-state index in [0.717, 1.165) is 18.7 Å². The van der Waals surface area contributed by atoms with Gasteiger partial charge in [0.25, 0.3) is 0 Å². The summed E-state index contributed by atoms with van der Waals surface area (Å²) in [4.78, 5) is 13.2. The lowest BCUT2D eigenvalue weighted by Crippen LogP contribution is -2.42. The van der Waals surface area contributed by atoms with Crippen molar-refractivity contribution in [1.29, 1.82) is 0 Å². The number of benzene rings is 1. The molecule has 1 saturated heterocycles. The minimum atomic E-state index is -0.950. The van der Waals surface area contributed by atoms with Gasteiger partial charge in [0, 0.05) is 19.1 Å². The number of nitrogens with two attached hydrogens (primary N) is 1. The van der Waals surface area contributed by atoms with Crippen LogP contribution >= 0.6 is 0 Å². The first-order valence-electron chi connectivity index (χ1n) is 6.53. The van der Waals surface area contributed by atoms with Crippen molar-refractivity contribution in [2.75, 3.05) is 26.3 Å². The largest absolute Gasteiger partial charge is 0.480 e. The van der Waals surface area contributed by atoms with E-state index >= 15 is 0 Å². The van der Waals surface area contributed by atoms with Crippen molar-refractivity contribution in [2.45, 2.75) is 18.5 Å². The van der Waals surface area contributed by atoms with Gasteiger partial charge in [-0.15, -0.1) is 0 Å². The predicted octanol–water partition coefficient (Wildman–Crippen LogP) is 0.862. The maximum absolute atomic E-state index is 11.0. The van der Waals surface area contributed by atoms with Gasteiger partial charge >= 0.3 is 5.97 Å². The molecule has 1 fully saturated rings. The lowest BCUT2D eigenvalue weighted by atomic mass is 9.97. The third kappa shape index (κ3) is 3.76. The summed E-state index contributed by atoms with van der Waals surface area (Å²) in [5, 5.41) is 9.01. The van der Waals surface area contributed by atoms with Crippen molar-refractivity contribution in [1.82, 2.24) is 4.90 Å². The second-order valence-corrected chi connectivity index (χ2v) is 4.76. The molecule has 5 nitrogen and oxygen atoms in total. The third-order valence-electron chi connectivity index (χ3n) is 3.47. The highest BCUT2D eigenvalue weighted by Gasteiger charge is 2.26. The molecule has 0 aromatic heterocycles. The number of hydrogen-bond donors (Lipinski definition) is 2. The zero-order chi connectivity index (χ0) is 13.7. The van der Waals surface area contributed by atoms with Crippen LogP contribution in [0.5, 0.6) is 0 Å². The summed E-state index contributed by atoms with van der Waals surface area (Å²) in [6.45, 7) is 3.00. The van der Waals surface area contributed by atoms with Gasteiger partial charge in [0.05, 0.1) is 13.2 Å². The molecule has 2 rings (SSSR count). The Morgan fingerprint density at radius 3 is 2.53 bits per heavy atom. The van der Waals surface area contributed by atoms with Gasteiger partial charge in [0.15, 0.2) is 0 Å². The van der Waals surface area contributed by atoms with E-state index in [1.165, 1.54) is 0 Å². The molecule has 1 aliphatic heterocycles. The van der Waals surface area contributed by atoms with E-state index in [9.17, 15) is 4.79 Å². The summed E-state index contributed by atoms with van der Waals surface area (Å²) in [7, 11) is 0. The Labute approximate surface area is 113 Å². The molecule has 0 aliphatic carbocycles. The van der Waals surface area contributed by atoms with Crippen molar-refractivity contribution in [3.05, 3.63) is 35.9 Å². The topological polar surface area (TPSA) is 75.8 Å². The predicted molar refractivity (Wildman–Crippen MR) is 71.8 cm³/mol. The highest BCUT2D eigenvalue weighted by atomic mass is 16.5. The lowest BCUT2D eigenvalue weighted by Gasteiger charge is -2.35. The number of carbonyl (C=O) groups is 1. The van der Waals surface area contributed by atoms with Crippen molar-refractivity contribution in [3.63, 3.8) is 0 Å². The van der Waals surface area contributed by atoms with Crippen LogP contribution < -0.4 is 5.73 Å². The fraction of sp³-hybridized carbons (Fsp3) is 0.500. The minimum Gasteiger partial charge on any atom is -0.480 e. The lowest BCUT2D eigenvalue weighted by molar-refractivity contribution is -0.139. The van der Waals surface area contributed by atoms with Crippen molar-refractivity contribution in [2.24, 2.45) is 5.73 Å². The summed E-state index contributed by atoms with van der Waals surface area (Å²) in [5.74, 6) is -0.950. The van der Waals surface area contributed by atoms with Gasteiger partial charge < -0.3 is 15.6 Å². The molecule has 104 valence electrons. The summed E-state index contributed by atoms with van der Waals surface area (Å²) in [6, 6.07) is 9.13. The van der Waals surface area contributed by atoms with Gasteiger partial charge in [0.2, 0.25) is 0 Å². The molecule has 0 amide bonds. The van der Waals surface area contributed by atoms with E-state index in [-0.39, 0.29) is 6.04 Å². The number of aliphatic carboxylic acids is 1. The molecule has 0 bridgehead atoms. The molecule has 1 heterocycles. The van der Waals surface area contributed by atoms with Gasteiger partial charge in [-0.1, -0.05) is 30.3 Å². The Bertz CT molecular complexity index is 404.